The van der Waals surface area contributed by atoms with Gasteiger partial charge in [0.05, 0.1) is 12.7 Å². The number of nitrogens with two attached hydrogens (primary N) is 1. The highest BCUT2D eigenvalue weighted by Gasteiger charge is 2.07. The molecule has 1 atom stereocenters. The van der Waals surface area contributed by atoms with Gasteiger partial charge in [-0.15, -0.1) is 0 Å². The van der Waals surface area contributed by atoms with Crippen LogP contribution < -0.4 is 5.90 Å². The van der Waals surface area contributed by atoms with Gasteiger partial charge in [0.1, 0.15) is 0 Å². The highest BCUT2D eigenvalue weighted by atomic mass is 16.6. The van der Waals surface area contributed by atoms with Crippen molar-refractivity contribution in [3.05, 3.63) is 0 Å². The Morgan fingerprint density at radius 3 is 2.36 bits per heavy atom. The van der Waals surface area contributed by atoms with Crippen LogP contribution in [0.2, 0.25) is 0 Å². The minimum atomic E-state index is -0.472. The van der Waals surface area contributed by atoms with Crippen molar-refractivity contribution in [2.24, 2.45) is 5.90 Å². The third-order valence-corrected chi connectivity index (χ3v) is 1.65. The van der Waals surface area contributed by atoms with Crippen molar-refractivity contribution in [2.75, 3.05) is 26.2 Å². The average molecular weight is 162 g/mol. The van der Waals surface area contributed by atoms with Gasteiger partial charge >= 0.3 is 0 Å². The maximum atomic E-state index is 9.24. The topological polar surface area (TPSA) is 58.7 Å². The van der Waals surface area contributed by atoms with Crippen molar-refractivity contribution in [1.82, 2.24) is 4.90 Å². The minimum Gasteiger partial charge on any atom is -0.389 e. The van der Waals surface area contributed by atoms with E-state index >= 15 is 0 Å². The van der Waals surface area contributed by atoms with Crippen LogP contribution in [-0.2, 0) is 4.84 Å². The number of rotatable bonds is 6. The first-order chi connectivity index (χ1) is 5.24. The van der Waals surface area contributed by atoms with Crippen LogP contribution in [0.3, 0.4) is 0 Å². The summed E-state index contributed by atoms with van der Waals surface area (Å²) in [5.41, 5.74) is 0. The number of hydrogen-bond acceptors (Lipinski definition) is 4. The number of hydrogen-bond donors (Lipinski definition) is 2. The van der Waals surface area contributed by atoms with E-state index in [0.29, 0.717) is 6.54 Å². The molecule has 4 nitrogen and oxygen atoms in total. The first kappa shape index (κ1) is 10.8. The third kappa shape index (κ3) is 5.15. The van der Waals surface area contributed by atoms with E-state index in [2.05, 4.69) is 23.6 Å². The van der Waals surface area contributed by atoms with Gasteiger partial charge in [-0.3, -0.25) is 0 Å². The zero-order chi connectivity index (χ0) is 8.69. The molecule has 0 bridgehead atoms. The molecule has 4 heteroatoms. The highest BCUT2D eigenvalue weighted by molar-refractivity contribution is 4.60. The second kappa shape index (κ2) is 6.54. The van der Waals surface area contributed by atoms with Crippen molar-refractivity contribution < 1.29 is 9.94 Å². The second-order valence-electron chi connectivity index (χ2n) is 2.47. The van der Waals surface area contributed by atoms with Crippen molar-refractivity contribution >= 4 is 0 Å². The first-order valence-corrected chi connectivity index (χ1v) is 3.96. The highest BCUT2D eigenvalue weighted by Crippen LogP contribution is 1.91. The van der Waals surface area contributed by atoms with Gasteiger partial charge in [0.15, 0.2) is 0 Å². The molecule has 0 saturated carbocycles. The van der Waals surface area contributed by atoms with Crippen molar-refractivity contribution in [1.29, 1.82) is 0 Å². The van der Waals surface area contributed by atoms with E-state index in [9.17, 15) is 5.11 Å². The van der Waals surface area contributed by atoms with Crippen LogP contribution in [0.1, 0.15) is 13.8 Å². The predicted molar refractivity (Wildman–Crippen MR) is 43.9 cm³/mol. The molecule has 0 aliphatic rings. The molecule has 0 amide bonds. The maximum absolute atomic E-state index is 9.24. The largest absolute Gasteiger partial charge is 0.389 e. The SMILES string of the molecule is CCN(CC)CC(O)CON. The normalized spacial score (nSPS) is 13.9. The summed E-state index contributed by atoms with van der Waals surface area (Å²) in [6.07, 6.45) is -0.472. The minimum absolute atomic E-state index is 0.205. The summed E-state index contributed by atoms with van der Waals surface area (Å²) in [6, 6.07) is 0. The van der Waals surface area contributed by atoms with Gasteiger partial charge in [0.2, 0.25) is 0 Å². The molecule has 0 aliphatic heterocycles. The van der Waals surface area contributed by atoms with Gasteiger partial charge in [-0.1, -0.05) is 13.8 Å². The van der Waals surface area contributed by atoms with E-state index in [4.69, 9.17) is 5.90 Å². The predicted octanol–water partition coefficient (Wildman–Crippen LogP) is -0.421. The van der Waals surface area contributed by atoms with Crippen LogP contribution in [0.25, 0.3) is 0 Å². The molecular formula is C7H18N2O2. The molecule has 0 aromatic rings. The number of aliphatic hydroxyl groups is 1. The summed E-state index contributed by atoms with van der Waals surface area (Å²) in [5.74, 6) is 4.81. The smallest absolute Gasteiger partial charge is 0.0951 e. The molecule has 0 fully saturated rings. The van der Waals surface area contributed by atoms with Gasteiger partial charge in [-0.05, 0) is 13.1 Å². The molecule has 0 aromatic heterocycles. The summed E-state index contributed by atoms with van der Waals surface area (Å²) < 4.78 is 0. The number of likely N-dealkylation sites (N-methyl/N-ethyl adjacent to an activating group) is 1. The van der Waals surface area contributed by atoms with Crippen LogP contribution in [-0.4, -0.2) is 42.4 Å². The molecular weight excluding hydrogens is 144 g/mol. The molecule has 0 radical (unpaired) electrons. The summed E-state index contributed by atoms with van der Waals surface area (Å²) in [5, 5.41) is 9.24. The molecule has 68 valence electrons. The monoisotopic (exact) mass is 162 g/mol. The van der Waals surface area contributed by atoms with E-state index in [0.717, 1.165) is 13.1 Å². The van der Waals surface area contributed by atoms with Crippen LogP contribution in [0.5, 0.6) is 0 Å². The third-order valence-electron chi connectivity index (χ3n) is 1.65. The lowest BCUT2D eigenvalue weighted by Gasteiger charge is -2.20. The summed E-state index contributed by atoms with van der Waals surface area (Å²) in [7, 11) is 0. The summed E-state index contributed by atoms with van der Waals surface area (Å²) in [6.45, 7) is 6.83. The van der Waals surface area contributed by atoms with Gasteiger partial charge in [-0.25, -0.2) is 5.90 Å². The molecule has 0 spiro atoms. The van der Waals surface area contributed by atoms with Crippen molar-refractivity contribution in [3.63, 3.8) is 0 Å². The Kier molecular flexibility index (Phi) is 6.45. The van der Waals surface area contributed by atoms with Crippen molar-refractivity contribution in [2.45, 2.75) is 20.0 Å². The lowest BCUT2D eigenvalue weighted by Crippen LogP contribution is -2.35. The Labute approximate surface area is 67.9 Å². The van der Waals surface area contributed by atoms with Crippen LogP contribution in [0, 0.1) is 0 Å². The molecule has 0 aromatic carbocycles. The Balaban J connectivity index is 3.44. The van der Waals surface area contributed by atoms with E-state index in [1.54, 1.807) is 0 Å². The number of aliphatic hydroxyl groups excluding tert-OH is 1. The second-order valence-corrected chi connectivity index (χ2v) is 2.47. The van der Waals surface area contributed by atoms with Gasteiger partial charge in [0, 0.05) is 6.54 Å². The van der Waals surface area contributed by atoms with E-state index < -0.39 is 6.10 Å². The fourth-order valence-corrected chi connectivity index (χ4v) is 0.944. The number of nitrogens with zero attached hydrogens (tertiary/aromatic N) is 1. The standard InChI is InChI=1S/C7H18N2O2/c1-3-9(4-2)5-7(10)6-11-8/h7,10H,3-6,8H2,1-2H3. The molecule has 0 saturated heterocycles. The summed E-state index contributed by atoms with van der Waals surface area (Å²) >= 11 is 0. The molecule has 0 rings (SSSR count). The van der Waals surface area contributed by atoms with Gasteiger partial charge in [0.25, 0.3) is 0 Å². The van der Waals surface area contributed by atoms with E-state index in [-0.39, 0.29) is 6.61 Å². The first-order valence-electron chi connectivity index (χ1n) is 3.96. The Morgan fingerprint density at radius 2 is 2.00 bits per heavy atom. The maximum Gasteiger partial charge on any atom is 0.0951 e. The van der Waals surface area contributed by atoms with Crippen LogP contribution in [0.15, 0.2) is 0 Å². The molecule has 11 heavy (non-hydrogen) atoms. The average Bonchev–Trinajstić information content (AvgIpc) is 2.01. The zero-order valence-corrected chi connectivity index (χ0v) is 7.29. The fourth-order valence-electron chi connectivity index (χ4n) is 0.944. The Morgan fingerprint density at radius 1 is 1.45 bits per heavy atom. The van der Waals surface area contributed by atoms with Gasteiger partial charge in [-0.2, -0.15) is 0 Å². The van der Waals surface area contributed by atoms with Crippen LogP contribution in [0.4, 0.5) is 0 Å². The lowest BCUT2D eigenvalue weighted by molar-refractivity contribution is 0.0179. The molecule has 3 N–H and O–H groups in total. The van der Waals surface area contributed by atoms with E-state index in [1.807, 2.05) is 0 Å². The van der Waals surface area contributed by atoms with Crippen molar-refractivity contribution in [3.8, 4) is 0 Å². The lowest BCUT2D eigenvalue weighted by atomic mass is 10.3. The molecule has 1 unspecified atom stereocenters. The zero-order valence-electron chi connectivity index (χ0n) is 7.29. The van der Waals surface area contributed by atoms with E-state index in [1.165, 1.54) is 0 Å². The summed E-state index contributed by atoms with van der Waals surface area (Å²) in [4.78, 5) is 6.43. The fraction of sp³-hybridized carbons (Fsp3) is 1.00. The van der Waals surface area contributed by atoms with Crippen LogP contribution >= 0.6 is 0 Å². The molecule has 0 heterocycles. The quantitative estimate of drug-likeness (QED) is 0.521. The Hall–Kier alpha value is -0.160. The van der Waals surface area contributed by atoms with Gasteiger partial charge < -0.3 is 14.8 Å². The Bertz CT molecular complexity index is 86.5. The molecule has 0 aliphatic carbocycles.